The minimum Gasteiger partial charge on any atom is -0.393 e. The van der Waals surface area contributed by atoms with Gasteiger partial charge in [-0.3, -0.25) is 0 Å². The second-order valence-corrected chi connectivity index (χ2v) is 5.70. The maximum atomic E-state index is 9.61. The molecule has 1 aromatic rings. The number of anilines is 1. The highest BCUT2D eigenvalue weighted by Crippen LogP contribution is 2.25. The van der Waals surface area contributed by atoms with Crippen LogP contribution in [0.15, 0.2) is 10.7 Å². The summed E-state index contributed by atoms with van der Waals surface area (Å²) in [5.74, 6) is 2.30. The Kier molecular flexibility index (Phi) is 4.56. The molecule has 0 bridgehead atoms. The SMILES string of the molecule is CCc1nc(Br)cc(N2CCC(C(C)O)CC2)n1. The Morgan fingerprint density at radius 1 is 1.44 bits per heavy atom. The van der Waals surface area contributed by atoms with Gasteiger partial charge in [-0.25, -0.2) is 9.97 Å². The number of nitrogens with zero attached hydrogens (tertiary/aromatic N) is 3. The maximum absolute atomic E-state index is 9.61. The van der Waals surface area contributed by atoms with Crippen LogP contribution in [0.1, 0.15) is 32.5 Å². The second kappa shape index (κ2) is 5.97. The number of piperidine rings is 1. The summed E-state index contributed by atoms with van der Waals surface area (Å²) >= 11 is 3.44. The fourth-order valence-electron chi connectivity index (χ4n) is 2.38. The van der Waals surface area contributed by atoms with Crippen molar-refractivity contribution in [3.63, 3.8) is 0 Å². The van der Waals surface area contributed by atoms with E-state index in [1.807, 2.05) is 13.0 Å². The summed E-state index contributed by atoms with van der Waals surface area (Å²) in [6.45, 7) is 5.87. The maximum Gasteiger partial charge on any atom is 0.133 e. The number of aliphatic hydroxyl groups is 1. The molecule has 2 rings (SSSR count). The second-order valence-electron chi connectivity index (χ2n) is 4.88. The molecule has 1 unspecified atom stereocenters. The number of aromatic nitrogens is 2. The van der Waals surface area contributed by atoms with E-state index in [1.165, 1.54) is 0 Å². The number of hydrogen-bond donors (Lipinski definition) is 1. The van der Waals surface area contributed by atoms with Crippen LogP contribution in [0.4, 0.5) is 5.82 Å². The van der Waals surface area contributed by atoms with Gasteiger partial charge >= 0.3 is 0 Å². The zero-order valence-corrected chi connectivity index (χ0v) is 12.5. The van der Waals surface area contributed by atoms with Gasteiger partial charge in [0.15, 0.2) is 0 Å². The summed E-state index contributed by atoms with van der Waals surface area (Å²) in [5, 5.41) is 9.61. The summed E-state index contributed by atoms with van der Waals surface area (Å²) in [6, 6.07) is 1.97. The molecule has 1 aromatic heterocycles. The van der Waals surface area contributed by atoms with Gasteiger partial charge in [-0.15, -0.1) is 0 Å². The van der Waals surface area contributed by atoms with Gasteiger partial charge in [-0.05, 0) is 41.6 Å². The lowest BCUT2D eigenvalue weighted by molar-refractivity contribution is 0.110. The van der Waals surface area contributed by atoms with Crippen LogP contribution in [-0.2, 0) is 6.42 Å². The molecule has 0 aromatic carbocycles. The molecule has 1 atom stereocenters. The molecule has 1 aliphatic heterocycles. The largest absolute Gasteiger partial charge is 0.393 e. The van der Waals surface area contributed by atoms with Crippen molar-refractivity contribution in [1.29, 1.82) is 0 Å². The Morgan fingerprint density at radius 3 is 2.67 bits per heavy atom. The first-order valence-corrected chi connectivity index (χ1v) is 7.36. The lowest BCUT2D eigenvalue weighted by Crippen LogP contribution is -2.37. The third kappa shape index (κ3) is 3.20. The van der Waals surface area contributed by atoms with Gasteiger partial charge in [-0.1, -0.05) is 6.92 Å². The van der Waals surface area contributed by atoms with Gasteiger partial charge in [0.1, 0.15) is 16.2 Å². The number of halogens is 1. The summed E-state index contributed by atoms with van der Waals surface area (Å²) in [5.41, 5.74) is 0. The van der Waals surface area contributed by atoms with Crippen LogP contribution in [-0.4, -0.2) is 34.3 Å². The molecular formula is C13H20BrN3O. The van der Waals surface area contributed by atoms with Crippen LogP contribution in [0.25, 0.3) is 0 Å². The third-order valence-corrected chi connectivity index (χ3v) is 4.00. The van der Waals surface area contributed by atoms with E-state index in [1.54, 1.807) is 0 Å². The summed E-state index contributed by atoms with van der Waals surface area (Å²) in [7, 11) is 0. The zero-order chi connectivity index (χ0) is 13.1. The fourth-order valence-corrected chi connectivity index (χ4v) is 2.79. The molecule has 0 radical (unpaired) electrons. The average Bonchev–Trinajstić information content (AvgIpc) is 2.38. The minimum atomic E-state index is -0.199. The molecule has 4 nitrogen and oxygen atoms in total. The first-order valence-electron chi connectivity index (χ1n) is 6.56. The first-order chi connectivity index (χ1) is 8.60. The molecule has 0 saturated carbocycles. The molecule has 2 heterocycles. The van der Waals surface area contributed by atoms with Crippen molar-refractivity contribution in [2.75, 3.05) is 18.0 Å². The van der Waals surface area contributed by atoms with Crippen LogP contribution in [0.5, 0.6) is 0 Å². The van der Waals surface area contributed by atoms with Gasteiger partial charge in [0.2, 0.25) is 0 Å². The van der Waals surface area contributed by atoms with Crippen molar-refractivity contribution < 1.29 is 5.11 Å². The van der Waals surface area contributed by atoms with E-state index in [0.717, 1.165) is 48.6 Å². The summed E-state index contributed by atoms with van der Waals surface area (Å²) in [4.78, 5) is 11.2. The van der Waals surface area contributed by atoms with Crippen molar-refractivity contribution in [2.24, 2.45) is 5.92 Å². The standard InChI is InChI=1S/C13H20BrN3O/c1-3-12-15-11(14)8-13(16-12)17-6-4-10(5-7-17)9(2)18/h8-10,18H,3-7H2,1-2H3. The zero-order valence-electron chi connectivity index (χ0n) is 10.9. The Bertz CT molecular complexity index is 403. The van der Waals surface area contributed by atoms with Crippen molar-refractivity contribution in [2.45, 2.75) is 39.2 Å². The van der Waals surface area contributed by atoms with Gasteiger partial charge in [0.05, 0.1) is 6.10 Å². The molecule has 1 N–H and O–H groups in total. The molecule has 0 amide bonds. The number of aryl methyl sites for hydroxylation is 1. The molecule has 0 spiro atoms. The lowest BCUT2D eigenvalue weighted by atomic mass is 9.92. The van der Waals surface area contributed by atoms with E-state index in [2.05, 4.69) is 37.7 Å². The molecule has 1 fully saturated rings. The van der Waals surface area contributed by atoms with Crippen LogP contribution < -0.4 is 4.90 Å². The molecule has 1 saturated heterocycles. The van der Waals surface area contributed by atoms with Crippen molar-refractivity contribution in [1.82, 2.24) is 9.97 Å². The van der Waals surface area contributed by atoms with Crippen molar-refractivity contribution in [3.8, 4) is 0 Å². The fraction of sp³-hybridized carbons (Fsp3) is 0.692. The van der Waals surface area contributed by atoms with Gasteiger partial charge in [-0.2, -0.15) is 0 Å². The number of aliphatic hydroxyl groups excluding tert-OH is 1. The van der Waals surface area contributed by atoms with E-state index in [4.69, 9.17) is 0 Å². The highest BCUT2D eigenvalue weighted by Gasteiger charge is 2.23. The van der Waals surface area contributed by atoms with E-state index in [-0.39, 0.29) is 6.10 Å². The Hall–Kier alpha value is -0.680. The topological polar surface area (TPSA) is 49.2 Å². The molecule has 5 heteroatoms. The summed E-state index contributed by atoms with van der Waals surface area (Å²) in [6.07, 6.45) is 2.70. The lowest BCUT2D eigenvalue weighted by Gasteiger charge is -2.34. The van der Waals surface area contributed by atoms with E-state index < -0.39 is 0 Å². The van der Waals surface area contributed by atoms with Gasteiger partial charge in [0.25, 0.3) is 0 Å². The Morgan fingerprint density at radius 2 is 2.11 bits per heavy atom. The highest BCUT2D eigenvalue weighted by molar-refractivity contribution is 9.10. The molecule has 0 aliphatic carbocycles. The normalized spacial score (nSPS) is 19.0. The van der Waals surface area contributed by atoms with E-state index in [0.29, 0.717) is 5.92 Å². The first kappa shape index (κ1) is 13.7. The predicted molar refractivity (Wildman–Crippen MR) is 75.7 cm³/mol. The summed E-state index contributed by atoms with van der Waals surface area (Å²) < 4.78 is 0.849. The number of hydrogen-bond acceptors (Lipinski definition) is 4. The number of rotatable bonds is 3. The van der Waals surface area contributed by atoms with Crippen molar-refractivity contribution >= 4 is 21.7 Å². The highest BCUT2D eigenvalue weighted by atomic mass is 79.9. The monoisotopic (exact) mass is 313 g/mol. The average molecular weight is 314 g/mol. The minimum absolute atomic E-state index is 0.199. The molecular weight excluding hydrogens is 294 g/mol. The molecule has 1 aliphatic rings. The van der Waals surface area contributed by atoms with Crippen LogP contribution in [0.3, 0.4) is 0 Å². The predicted octanol–water partition coefficient (Wildman–Crippen LogP) is 2.40. The van der Waals surface area contributed by atoms with E-state index >= 15 is 0 Å². The quantitative estimate of drug-likeness (QED) is 0.871. The van der Waals surface area contributed by atoms with Gasteiger partial charge < -0.3 is 10.0 Å². The van der Waals surface area contributed by atoms with Gasteiger partial charge in [0, 0.05) is 25.6 Å². The van der Waals surface area contributed by atoms with E-state index in [9.17, 15) is 5.11 Å². The Labute approximate surface area is 117 Å². The third-order valence-electron chi connectivity index (χ3n) is 3.59. The van der Waals surface area contributed by atoms with Crippen LogP contribution in [0.2, 0.25) is 0 Å². The Balaban J connectivity index is 2.07. The smallest absolute Gasteiger partial charge is 0.133 e. The van der Waals surface area contributed by atoms with Crippen LogP contribution >= 0.6 is 15.9 Å². The molecule has 18 heavy (non-hydrogen) atoms. The van der Waals surface area contributed by atoms with Crippen molar-refractivity contribution in [3.05, 3.63) is 16.5 Å². The van der Waals surface area contributed by atoms with Crippen LogP contribution in [0, 0.1) is 5.92 Å². The molecule has 100 valence electrons.